The van der Waals surface area contributed by atoms with Crippen LogP contribution in [-0.4, -0.2) is 22.6 Å². The largest absolute Gasteiger partial charge is 0.493 e. The van der Waals surface area contributed by atoms with E-state index < -0.39 is 0 Å². The normalized spacial score (nSPS) is 12.4. The zero-order valence-electron chi connectivity index (χ0n) is 12.4. The number of aromatic nitrogens is 2. The van der Waals surface area contributed by atoms with Crippen LogP contribution in [0.4, 0.5) is 10.5 Å². The summed E-state index contributed by atoms with van der Waals surface area (Å²) in [6, 6.07) is 5.71. The molecule has 0 atom stereocenters. The van der Waals surface area contributed by atoms with Gasteiger partial charge in [0.25, 0.3) is 0 Å². The lowest BCUT2D eigenvalue weighted by Gasteiger charge is -2.10. The first kappa shape index (κ1) is 14.3. The SMILES string of the molecule is CCc1ncc(NC(=O)NCc2cccc3c2OCC3)cn1. The van der Waals surface area contributed by atoms with Crippen molar-refractivity contribution >= 4 is 11.7 Å². The number of carbonyl (C=O) groups excluding carboxylic acids is 1. The number of ether oxygens (including phenoxy) is 1. The van der Waals surface area contributed by atoms with Gasteiger partial charge in [-0.2, -0.15) is 0 Å². The summed E-state index contributed by atoms with van der Waals surface area (Å²) in [7, 11) is 0. The van der Waals surface area contributed by atoms with Crippen LogP contribution in [0, 0.1) is 0 Å². The number of carbonyl (C=O) groups is 1. The van der Waals surface area contributed by atoms with E-state index in [-0.39, 0.29) is 6.03 Å². The second kappa shape index (κ2) is 6.43. The number of benzene rings is 1. The second-order valence-electron chi connectivity index (χ2n) is 5.05. The first-order valence-electron chi connectivity index (χ1n) is 7.35. The number of aryl methyl sites for hydroxylation is 1. The lowest BCUT2D eigenvalue weighted by Crippen LogP contribution is -2.28. The third-order valence-corrected chi connectivity index (χ3v) is 3.51. The van der Waals surface area contributed by atoms with Crippen molar-refractivity contribution in [2.45, 2.75) is 26.3 Å². The topological polar surface area (TPSA) is 76.1 Å². The van der Waals surface area contributed by atoms with Crippen molar-refractivity contribution in [2.24, 2.45) is 0 Å². The van der Waals surface area contributed by atoms with Gasteiger partial charge in [-0.15, -0.1) is 0 Å². The maximum Gasteiger partial charge on any atom is 0.319 e. The van der Waals surface area contributed by atoms with Gasteiger partial charge >= 0.3 is 6.03 Å². The van der Waals surface area contributed by atoms with Crippen LogP contribution < -0.4 is 15.4 Å². The van der Waals surface area contributed by atoms with Crippen molar-refractivity contribution < 1.29 is 9.53 Å². The zero-order chi connectivity index (χ0) is 15.4. The Balaban J connectivity index is 1.57. The molecule has 1 aromatic carbocycles. The van der Waals surface area contributed by atoms with Gasteiger partial charge in [-0.3, -0.25) is 0 Å². The van der Waals surface area contributed by atoms with Crippen LogP contribution in [0.1, 0.15) is 23.9 Å². The molecular weight excluding hydrogens is 280 g/mol. The summed E-state index contributed by atoms with van der Waals surface area (Å²) < 4.78 is 5.61. The average Bonchev–Trinajstić information content (AvgIpc) is 3.03. The maximum absolute atomic E-state index is 11.9. The molecule has 0 radical (unpaired) electrons. The summed E-state index contributed by atoms with van der Waals surface area (Å²) >= 11 is 0. The highest BCUT2D eigenvalue weighted by atomic mass is 16.5. The van der Waals surface area contributed by atoms with Crippen molar-refractivity contribution in [2.75, 3.05) is 11.9 Å². The summed E-state index contributed by atoms with van der Waals surface area (Å²) in [4.78, 5) is 20.2. The van der Waals surface area contributed by atoms with E-state index in [1.807, 2.05) is 19.1 Å². The molecule has 0 saturated heterocycles. The number of urea groups is 1. The predicted molar refractivity (Wildman–Crippen MR) is 82.9 cm³/mol. The summed E-state index contributed by atoms with van der Waals surface area (Å²) in [5, 5.41) is 5.54. The van der Waals surface area contributed by atoms with Crippen molar-refractivity contribution in [1.29, 1.82) is 0 Å². The van der Waals surface area contributed by atoms with E-state index >= 15 is 0 Å². The Morgan fingerprint density at radius 1 is 1.32 bits per heavy atom. The fourth-order valence-corrected chi connectivity index (χ4v) is 2.38. The van der Waals surface area contributed by atoms with E-state index in [0.29, 0.717) is 18.8 Å². The Labute approximate surface area is 128 Å². The van der Waals surface area contributed by atoms with Crippen LogP contribution in [-0.2, 0) is 19.4 Å². The molecule has 0 aliphatic carbocycles. The number of fused-ring (bicyclic) bond motifs is 1. The molecule has 2 heterocycles. The van der Waals surface area contributed by atoms with Gasteiger partial charge in [0.15, 0.2) is 0 Å². The smallest absolute Gasteiger partial charge is 0.319 e. The van der Waals surface area contributed by atoms with Crippen molar-refractivity contribution in [1.82, 2.24) is 15.3 Å². The molecule has 3 rings (SSSR count). The van der Waals surface area contributed by atoms with Crippen LogP contribution >= 0.6 is 0 Å². The molecule has 6 heteroatoms. The summed E-state index contributed by atoms with van der Waals surface area (Å²) in [6.07, 6.45) is 4.91. The van der Waals surface area contributed by atoms with Gasteiger partial charge in [-0.1, -0.05) is 25.1 Å². The Hall–Kier alpha value is -2.63. The van der Waals surface area contributed by atoms with Crippen LogP contribution in [0.5, 0.6) is 5.75 Å². The fraction of sp³-hybridized carbons (Fsp3) is 0.312. The van der Waals surface area contributed by atoms with E-state index in [0.717, 1.165) is 30.0 Å². The standard InChI is InChI=1S/C16H18N4O2/c1-2-14-17-9-13(10-18-14)20-16(21)19-8-12-5-3-4-11-6-7-22-15(11)12/h3-5,9-10H,2,6-8H2,1H3,(H2,19,20,21). The molecule has 0 spiro atoms. The monoisotopic (exact) mass is 298 g/mol. The number of hydrogen-bond acceptors (Lipinski definition) is 4. The summed E-state index contributed by atoms with van der Waals surface area (Å²) in [5.41, 5.74) is 2.76. The van der Waals surface area contributed by atoms with Gasteiger partial charge in [0, 0.05) is 24.9 Å². The van der Waals surface area contributed by atoms with Crippen molar-refractivity contribution in [3.05, 3.63) is 47.5 Å². The van der Waals surface area contributed by atoms with Crippen LogP contribution in [0.15, 0.2) is 30.6 Å². The molecule has 1 aromatic heterocycles. The molecule has 0 bridgehead atoms. The number of anilines is 1. The summed E-state index contributed by atoms with van der Waals surface area (Å²) in [5.74, 6) is 1.65. The van der Waals surface area contributed by atoms with E-state index in [1.54, 1.807) is 12.4 Å². The van der Waals surface area contributed by atoms with Crippen LogP contribution in [0.3, 0.4) is 0 Å². The van der Waals surface area contributed by atoms with Crippen LogP contribution in [0.25, 0.3) is 0 Å². The first-order valence-corrected chi connectivity index (χ1v) is 7.35. The van der Waals surface area contributed by atoms with Gasteiger partial charge in [-0.25, -0.2) is 14.8 Å². The fourth-order valence-electron chi connectivity index (χ4n) is 2.38. The number of hydrogen-bond donors (Lipinski definition) is 2. The van der Waals surface area contributed by atoms with Gasteiger partial charge < -0.3 is 15.4 Å². The Morgan fingerprint density at radius 3 is 2.91 bits per heavy atom. The Bertz CT molecular complexity index is 670. The predicted octanol–water partition coefficient (Wildman–Crippen LogP) is 2.30. The molecule has 2 aromatic rings. The number of nitrogens with one attached hydrogen (secondary N) is 2. The minimum absolute atomic E-state index is 0.288. The highest BCUT2D eigenvalue weighted by Crippen LogP contribution is 2.29. The lowest BCUT2D eigenvalue weighted by molar-refractivity contribution is 0.251. The first-order chi connectivity index (χ1) is 10.8. The van der Waals surface area contributed by atoms with E-state index in [9.17, 15) is 4.79 Å². The van der Waals surface area contributed by atoms with Crippen molar-refractivity contribution in [3.8, 4) is 5.75 Å². The lowest BCUT2D eigenvalue weighted by atomic mass is 10.1. The van der Waals surface area contributed by atoms with Crippen LogP contribution in [0.2, 0.25) is 0 Å². The zero-order valence-corrected chi connectivity index (χ0v) is 12.4. The number of nitrogens with zero attached hydrogens (tertiary/aromatic N) is 2. The quantitative estimate of drug-likeness (QED) is 0.908. The molecule has 0 saturated carbocycles. The molecule has 1 aliphatic heterocycles. The van der Waals surface area contributed by atoms with E-state index in [4.69, 9.17) is 4.74 Å². The molecule has 2 amide bonds. The third kappa shape index (κ3) is 3.16. The minimum atomic E-state index is -0.288. The second-order valence-corrected chi connectivity index (χ2v) is 5.05. The number of rotatable bonds is 4. The Morgan fingerprint density at radius 2 is 2.14 bits per heavy atom. The molecule has 0 fully saturated rings. The number of para-hydroxylation sites is 1. The molecule has 6 nitrogen and oxygen atoms in total. The van der Waals surface area contributed by atoms with Gasteiger partial charge in [0.2, 0.25) is 0 Å². The van der Waals surface area contributed by atoms with Gasteiger partial charge in [0.05, 0.1) is 24.7 Å². The van der Waals surface area contributed by atoms with E-state index in [1.165, 1.54) is 5.56 Å². The van der Waals surface area contributed by atoms with Gasteiger partial charge in [-0.05, 0) is 5.56 Å². The average molecular weight is 298 g/mol. The maximum atomic E-state index is 11.9. The van der Waals surface area contributed by atoms with Crippen molar-refractivity contribution in [3.63, 3.8) is 0 Å². The van der Waals surface area contributed by atoms with E-state index in [2.05, 4.69) is 26.7 Å². The molecule has 2 N–H and O–H groups in total. The molecule has 0 unspecified atom stereocenters. The minimum Gasteiger partial charge on any atom is -0.493 e. The molecule has 1 aliphatic rings. The number of amides is 2. The highest BCUT2D eigenvalue weighted by Gasteiger charge is 2.16. The van der Waals surface area contributed by atoms with Gasteiger partial charge in [0.1, 0.15) is 11.6 Å². The summed E-state index contributed by atoms with van der Waals surface area (Å²) in [6.45, 7) is 3.11. The Kier molecular flexibility index (Phi) is 4.18. The third-order valence-electron chi connectivity index (χ3n) is 3.51. The highest BCUT2D eigenvalue weighted by molar-refractivity contribution is 5.88. The molecule has 22 heavy (non-hydrogen) atoms. The molecule has 114 valence electrons. The molecular formula is C16H18N4O2.